The van der Waals surface area contributed by atoms with Crippen LogP contribution in [0, 0.1) is 0 Å². The molecule has 0 unspecified atom stereocenters. The Morgan fingerprint density at radius 1 is 1.12 bits per heavy atom. The van der Waals surface area contributed by atoms with Crippen molar-refractivity contribution >= 4 is 0 Å². The molecule has 3 heteroatoms. The molecule has 1 aromatic heterocycles. The molecule has 0 radical (unpaired) electrons. The average molecular weight is 233 g/mol. The van der Waals surface area contributed by atoms with Crippen molar-refractivity contribution in [2.45, 2.75) is 69.2 Å². The molecule has 0 saturated heterocycles. The molecule has 3 nitrogen and oxygen atoms in total. The Hall–Kier alpha value is -0.830. The van der Waals surface area contributed by atoms with Gasteiger partial charge >= 0.3 is 0 Å². The van der Waals surface area contributed by atoms with Crippen molar-refractivity contribution in [3.63, 3.8) is 0 Å². The zero-order chi connectivity index (χ0) is 11.7. The summed E-state index contributed by atoms with van der Waals surface area (Å²) in [5, 5.41) is 0. The highest BCUT2D eigenvalue weighted by atomic mass is 15.0. The molecular formula is C14H23N3. The van der Waals surface area contributed by atoms with E-state index in [4.69, 9.17) is 5.73 Å². The Balaban J connectivity index is 1.78. The lowest BCUT2D eigenvalue weighted by atomic mass is 9.82. The first-order valence-corrected chi connectivity index (χ1v) is 7.12. The summed E-state index contributed by atoms with van der Waals surface area (Å²) in [4.78, 5) is 8.10. The van der Waals surface area contributed by atoms with Gasteiger partial charge in [-0.15, -0.1) is 0 Å². The van der Waals surface area contributed by atoms with Crippen molar-refractivity contribution in [2.24, 2.45) is 5.73 Å². The maximum atomic E-state index is 6.50. The first-order chi connectivity index (χ1) is 8.28. The van der Waals surface area contributed by atoms with Crippen LogP contribution in [0.1, 0.15) is 75.2 Å². The molecule has 0 atom stereocenters. The molecule has 0 spiro atoms. The van der Waals surface area contributed by atoms with Crippen LogP contribution in [0.5, 0.6) is 0 Å². The van der Waals surface area contributed by atoms with Gasteiger partial charge in [-0.3, -0.25) is 0 Å². The fourth-order valence-corrected chi connectivity index (χ4v) is 3.45. The predicted molar refractivity (Wildman–Crippen MR) is 68.7 cm³/mol. The maximum Gasteiger partial charge on any atom is 0.126 e. The third kappa shape index (κ3) is 2.13. The molecule has 0 aromatic carbocycles. The summed E-state index contributed by atoms with van der Waals surface area (Å²) in [7, 11) is 0. The highest BCUT2D eigenvalue weighted by Crippen LogP contribution is 2.36. The van der Waals surface area contributed by atoms with Crippen molar-refractivity contribution in [2.75, 3.05) is 0 Å². The second kappa shape index (κ2) is 4.45. The van der Waals surface area contributed by atoms with E-state index in [1.807, 2.05) is 6.20 Å². The number of nitrogens with one attached hydrogen (secondary N) is 1. The van der Waals surface area contributed by atoms with Crippen LogP contribution in [0.4, 0.5) is 0 Å². The van der Waals surface area contributed by atoms with Crippen LogP contribution in [-0.4, -0.2) is 9.97 Å². The topological polar surface area (TPSA) is 54.7 Å². The van der Waals surface area contributed by atoms with Crippen molar-refractivity contribution < 1.29 is 0 Å². The first-order valence-electron chi connectivity index (χ1n) is 7.12. The van der Waals surface area contributed by atoms with E-state index >= 15 is 0 Å². The molecule has 17 heavy (non-hydrogen) atoms. The second-order valence-corrected chi connectivity index (χ2v) is 5.89. The molecule has 2 fully saturated rings. The van der Waals surface area contributed by atoms with Gasteiger partial charge in [-0.1, -0.05) is 32.1 Å². The lowest BCUT2D eigenvalue weighted by Crippen LogP contribution is -2.39. The van der Waals surface area contributed by atoms with E-state index in [1.165, 1.54) is 50.6 Å². The van der Waals surface area contributed by atoms with E-state index in [0.717, 1.165) is 18.7 Å². The van der Waals surface area contributed by atoms with Crippen LogP contribution >= 0.6 is 0 Å². The lowest BCUT2D eigenvalue weighted by Gasteiger charge is -2.31. The van der Waals surface area contributed by atoms with E-state index < -0.39 is 0 Å². The van der Waals surface area contributed by atoms with Gasteiger partial charge in [-0.25, -0.2) is 4.98 Å². The zero-order valence-electron chi connectivity index (χ0n) is 10.5. The highest BCUT2D eigenvalue weighted by Gasteiger charge is 2.32. The average Bonchev–Trinajstić information content (AvgIpc) is 3.01. The Labute approximate surface area is 103 Å². The molecule has 94 valence electrons. The van der Waals surface area contributed by atoms with Gasteiger partial charge in [-0.2, -0.15) is 0 Å². The molecule has 0 aliphatic heterocycles. The van der Waals surface area contributed by atoms with E-state index in [0.29, 0.717) is 5.92 Å². The summed E-state index contributed by atoms with van der Waals surface area (Å²) in [6, 6.07) is 0. The van der Waals surface area contributed by atoms with E-state index in [9.17, 15) is 0 Å². The van der Waals surface area contributed by atoms with E-state index in [2.05, 4.69) is 9.97 Å². The third-order valence-electron chi connectivity index (χ3n) is 4.61. The van der Waals surface area contributed by atoms with Crippen LogP contribution in [0.3, 0.4) is 0 Å². The largest absolute Gasteiger partial charge is 0.344 e. The number of aromatic amines is 1. The summed E-state index contributed by atoms with van der Waals surface area (Å²) in [5.41, 5.74) is 7.65. The number of aromatic nitrogens is 2. The van der Waals surface area contributed by atoms with Gasteiger partial charge in [-0.05, 0) is 25.7 Å². The Morgan fingerprint density at radius 2 is 1.82 bits per heavy atom. The molecule has 3 rings (SSSR count). The molecule has 2 aliphatic carbocycles. The standard InChI is InChI=1S/C14H23N3/c15-14(8-4-1-5-9-14)13-16-10-12(17-13)11-6-2-3-7-11/h10-11H,1-9,15H2,(H,16,17). The predicted octanol–water partition coefficient (Wildman–Crippen LogP) is 3.19. The zero-order valence-corrected chi connectivity index (χ0v) is 10.5. The minimum absolute atomic E-state index is 0.172. The van der Waals surface area contributed by atoms with E-state index in [-0.39, 0.29) is 5.54 Å². The van der Waals surface area contributed by atoms with Crippen molar-refractivity contribution in [1.82, 2.24) is 9.97 Å². The molecule has 2 saturated carbocycles. The normalized spacial score (nSPS) is 25.2. The fraction of sp³-hybridized carbons (Fsp3) is 0.786. The number of imidazole rings is 1. The summed E-state index contributed by atoms with van der Waals surface area (Å²) in [6.45, 7) is 0. The number of nitrogens with zero attached hydrogens (tertiary/aromatic N) is 1. The number of hydrogen-bond acceptors (Lipinski definition) is 2. The van der Waals surface area contributed by atoms with Crippen molar-refractivity contribution in [3.05, 3.63) is 17.7 Å². The van der Waals surface area contributed by atoms with Gasteiger partial charge in [0.2, 0.25) is 0 Å². The molecule has 3 N–H and O–H groups in total. The third-order valence-corrected chi connectivity index (χ3v) is 4.61. The number of nitrogens with two attached hydrogens (primary N) is 1. The summed E-state index contributed by atoms with van der Waals surface area (Å²) >= 11 is 0. The number of rotatable bonds is 2. The van der Waals surface area contributed by atoms with Crippen LogP contribution in [0.15, 0.2) is 6.20 Å². The summed E-state index contributed by atoms with van der Waals surface area (Å²) in [6.07, 6.45) is 13.4. The van der Waals surface area contributed by atoms with Crippen LogP contribution < -0.4 is 5.73 Å². The Morgan fingerprint density at radius 3 is 2.53 bits per heavy atom. The smallest absolute Gasteiger partial charge is 0.126 e. The minimum atomic E-state index is -0.172. The van der Waals surface area contributed by atoms with Gasteiger partial charge in [0.1, 0.15) is 5.82 Å². The Bertz CT molecular complexity index is 371. The Kier molecular flexibility index (Phi) is 2.95. The SMILES string of the molecule is NC1(c2ncc(C3CCCC3)[nH]2)CCCCC1. The monoisotopic (exact) mass is 233 g/mol. The minimum Gasteiger partial charge on any atom is -0.344 e. The van der Waals surface area contributed by atoms with Crippen molar-refractivity contribution in [1.29, 1.82) is 0 Å². The van der Waals surface area contributed by atoms with Gasteiger partial charge in [0, 0.05) is 17.8 Å². The number of H-pyrrole nitrogens is 1. The van der Waals surface area contributed by atoms with Gasteiger partial charge in [0.15, 0.2) is 0 Å². The summed E-state index contributed by atoms with van der Waals surface area (Å²) in [5.74, 6) is 1.75. The lowest BCUT2D eigenvalue weighted by molar-refractivity contribution is 0.288. The molecule has 1 aromatic rings. The molecule has 0 bridgehead atoms. The molecule has 1 heterocycles. The fourth-order valence-electron chi connectivity index (χ4n) is 3.45. The highest BCUT2D eigenvalue weighted by molar-refractivity contribution is 5.15. The van der Waals surface area contributed by atoms with Crippen LogP contribution in [0.25, 0.3) is 0 Å². The molecule has 2 aliphatic rings. The first kappa shape index (κ1) is 11.3. The van der Waals surface area contributed by atoms with Gasteiger partial charge in [0.25, 0.3) is 0 Å². The molecular weight excluding hydrogens is 210 g/mol. The van der Waals surface area contributed by atoms with Crippen molar-refractivity contribution in [3.8, 4) is 0 Å². The summed E-state index contributed by atoms with van der Waals surface area (Å²) < 4.78 is 0. The second-order valence-electron chi connectivity index (χ2n) is 5.89. The van der Waals surface area contributed by atoms with Gasteiger partial charge in [0.05, 0.1) is 5.54 Å². The number of hydrogen-bond donors (Lipinski definition) is 2. The van der Waals surface area contributed by atoms with E-state index in [1.54, 1.807) is 0 Å². The quantitative estimate of drug-likeness (QED) is 0.824. The maximum absolute atomic E-state index is 6.50. The van der Waals surface area contributed by atoms with Crippen LogP contribution in [-0.2, 0) is 5.54 Å². The van der Waals surface area contributed by atoms with Crippen LogP contribution in [0.2, 0.25) is 0 Å². The molecule has 0 amide bonds. The van der Waals surface area contributed by atoms with Gasteiger partial charge < -0.3 is 10.7 Å².